The number of benzene rings is 2. The number of anilines is 1. The molecule has 0 unspecified atom stereocenters. The molecule has 1 aliphatic heterocycles. The van der Waals surface area contributed by atoms with E-state index < -0.39 is 5.82 Å². The van der Waals surface area contributed by atoms with Crippen LogP contribution in [0.25, 0.3) is 0 Å². The van der Waals surface area contributed by atoms with E-state index in [9.17, 15) is 9.18 Å². The maximum atomic E-state index is 13.4. The fraction of sp³-hybridized carbons (Fsp3) is 0.188. The normalized spacial score (nSPS) is 12.9. The van der Waals surface area contributed by atoms with Crippen LogP contribution in [0.1, 0.15) is 21.5 Å². The van der Waals surface area contributed by atoms with Crippen molar-refractivity contribution in [3.8, 4) is 5.75 Å². The van der Waals surface area contributed by atoms with E-state index >= 15 is 0 Å². The largest absolute Gasteiger partial charge is 0.493 e. The van der Waals surface area contributed by atoms with E-state index in [1.807, 2.05) is 6.07 Å². The molecular weight excluding hydrogens is 293 g/mol. The Labute approximate surface area is 126 Å². The highest BCUT2D eigenvalue weighted by Crippen LogP contribution is 2.33. The second-order valence-electron chi connectivity index (χ2n) is 4.99. The number of hydrogen-bond donors (Lipinski definition) is 1. The average molecular weight is 306 g/mol. The summed E-state index contributed by atoms with van der Waals surface area (Å²) in [4.78, 5) is 12.3. The van der Waals surface area contributed by atoms with Crippen molar-refractivity contribution in [2.45, 2.75) is 12.8 Å². The number of carbonyl (C=O) groups excluding carboxylic acids is 1. The summed E-state index contributed by atoms with van der Waals surface area (Å²) >= 11 is 6.06. The molecule has 5 heteroatoms. The number of fused-ring (bicyclic) bond motifs is 1. The summed E-state index contributed by atoms with van der Waals surface area (Å²) < 4.78 is 19.0. The molecule has 0 aromatic heterocycles. The number of carbonyl (C=O) groups is 1. The molecule has 0 radical (unpaired) electrons. The van der Waals surface area contributed by atoms with Crippen LogP contribution in [0.5, 0.6) is 5.75 Å². The van der Waals surface area contributed by atoms with Crippen LogP contribution in [0.3, 0.4) is 0 Å². The minimum atomic E-state index is -0.589. The second-order valence-corrected chi connectivity index (χ2v) is 5.42. The lowest BCUT2D eigenvalue weighted by molar-refractivity contribution is 0.0991. The lowest BCUT2D eigenvalue weighted by Gasteiger charge is -2.09. The van der Waals surface area contributed by atoms with Gasteiger partial charge in [0.2, 0.25) is 0 Å². The van der Waals surface area contributed by atoms with Crippen molar-refractivity contribution in [3.05, 3.63) is 57.9 Å². The maximum Gasteiger partial charge on any atom is 0.167 e. The summed E-state index contributed by atoms with van der Waals surface area (Å²) in [5.41, 5.74) is 7.46. The summed E-state index contributed by atoms with van der Waals surface area (Å²) in [5, 5.41) is 0.575. The molecule has 0 saturated carbocycles. The highest BCUT2D eigenvalue weighted by Gasteiger charge is 2.20. The molecular formula is C16H13ClFNO2. The molecule has 0 saturated heterocycles. The van der Waals surface area contributed by atoms with Crippen molar-refractivity contribution in [3.63, 3.8) is 0 Å². The first-order chi connectivity index (χ1) is 10.0. The molecule has 2 aromatic carbocycles. The van der Waals surface area contributed by atoms with E-state index in [1.54, 1.807) is 6.07 Å². The van der Waals surface area contributed by atoms with Crippen LogP contribution in [0.4, 0.5) is 10.1 Å². The molecule has 108 valence electrons. The Bertz CT molecular complexity index is 730. The first-order valence-corrected chi connectivity index (χ1v) is 6.94. The molecule has 2 aromatic rings. The third kappa shape index (κ3) is 2.72. The van der Waals surface area contributed by atoms with Gasteiger partial charge in [-0.2, -0.15) is 0 Å². The molecule has 0 amide bonds. The molecule has 3 nitrogen and oxygen atoms in total. The zero-order valence-corrected chi connectivity index (χ0v) is 11.9. The van der Waals surface area contributed by atoms with Gasteiger partial charge in [0.15, 0.2) is 5.78 Å². The molecule has 3 rings (SSSR count). The molecule has 1 aliphatic rings. The van der Waals surface area contributed by atoms with Gasteiger partial charge in [-0.25, -0.2) is 4.39 Å². The Hall–Kier alpha value is -2.07. The van der Waals surface area contributed by atoms with Crippen LogP contribution in [0, 0.1) is 5.82 Å². The Morgan fingerprint density at radius 2 is 2.14 bits per heavy atom. The third-order valence-electron chi connectivity index (χ3n) is 3.50. The minimum absolute atomic E-state index is 0.0264. The van der Waals surface area contributed by atoms with Gasteiger partial charge < -0.3 is 10.5 Å². The molecule has 2 N–H and O–H groups in total. The zero-order chi connectivity index (χ0) is 15.0. The minimum Gasteiger partial charge on any atom is -0.493 e. The van der Waals surface area contributed by atoms with E-state index in [4.69, 9.17) is 22.1 Å². The van der Waals surface area contributed by atoms with Gasteiger partial charge in [0.05, 0.1) is 12.3 Å². The van der Waals surface area contributed by atoms with Gasteiger partial charge in [0, 0.05) is 29.0 Å². The van der Waals surface area contributed by atoms with E-state index in [0.29, 0.717) is 11.6 Å². The molecule has 0 fully saturated rings. The molecule has 0 bridgehead atoms. The monoisotopic (exact) mass is 305 g/mol. The van der Waals surface area contributed by atoms with E-state index in [2.05, 4.69) is 0 Å². The topological polar surface area (TPSA) is 52.3 Å². The van der Waals surface area contributed by atoms with E-state index in [1.165, 1.54) is 12.1 Å². The highest BCUT2D eigenvalue weighted by molar-refractivity contribution is 6.30. The first kappa shape index (κ1) is 13.9. The molecule has 0 atom stereocenters. The predicted octanol–water partition coefficient (Wildman–Crippen LogP) is 3.42. The number of halogens is 2. The summed E-state index contributed by atoms with van der Waals surface area (Å²) in [6.45, 7) is 0.591. The van der Waals surface area contributed by atoms with Gasteiger partial charge in [-0.3, -0.25) is 4.79 Å². The Balaban J connectivity index is 1.90. The van der Waals surface area contributed by atoms with Crippen molar-refractivity contribution < 1.29 is 13.9 Å². The molecule has 0 aliphatic carbocycles. The van der Waals surface area contributed by atoms with Gasteiger partial charge in [0.1, 0.15) is 11.6 Å². The summed E-state index contributed by atoms with van der Waals surface area (Å²) in [5.74, 6) is -0.0639. The summed E-state index contributed by atoms with van der Waals surface area (Å²) in [7, 11) is 0. The van der Waals surface area contributed by atoms with Crippen LogP contribution < -0.4 is 10.5 Å². The number of nitrogens with two attached hydrogens (primary N) is 1. The Kier molecular flexibility index (Phi) is 3.55. The second kappa shape index (κ2) is 5.37. The fourth-order valence-electron chi connectivity index (χ4n) is 2.45. The van der Waals surface area contributed by atoms with Crippen molar-refractivity contribution in [2.75, 3.05) is 12.3 Å². The van der Waals surface area contributed by atoms with Crippen LogP contribution in [-0.2, 0) is 12.8 Å². The Morgan fingerprint density at radius 1 is 1.33 bits per heavy atom. The molecule has 21 heavy (non-hydrogen) atoms. The van der Waals surface area contributed by atoms with Gasteiger partial charge in [-0.05, 0) is 35.9 Å². The standard InChI is InChI=1S/C16H13ClFNO2/c17-12-5-10-3-4-21-16(10)11(6-12)8-15(20)9-1-2-14(19)13(18)7-9/h1-2,5-7H,3-4,8,19H2. The number of hydrogen-bond acceptors (Lipinski definition) is 3. The number of ketones is 1. The lowest BCUT2D eigenvalue weighted by atomic mass is 9.99. The molecule has 0 spiro atoms. The quantitative estimate of drug-likeness (QED) is 0.698. The van der Waals surface area contributed by atoms with Crippen molar-refractivity contribution in [2.24, 2.45) is 0 Å². The smallest absolute Gasteiger partial charge is 0.167 e. The van der Waals surface area contributed by atoms with E-state index in [0.717, 1.165) is 29.4 Å². The lowest BCUT2D eigenvalue weighted by Crippen LogP contribution is -2.06. The Morgan fingerprint density at radius 3 is 2.90 bits per heavy atom. The SMILES string of the molecule is Nc1ccc(C(=O)Cc2cc(Cl)cc3c2OCC3)cc1F. The van der Waals surface area contributed by atoms with Crippen molar-refractivity contribution in [1.29, 1.82) is 0 Å². The zero-order valence-electron chi connectivity index (χ0n) is 11.2. The number of nitrogen functional groups attached to an aromatic ring is 1. The maximum absolute atomic E-state index is 13.4. The van der Waals surface area contributed by atoms with Gasteiger partial charge in [-0.1, -0.05) is 11.6 Å². The van der Waals surface area contributed by atoms with E-state index in [-0.39, 0.29) is 23.5 Å². The predicted molar refractivity (Wildman–Crippen MR) is 79.5 cm³/mol. The van der Waals surface area contributed by atoms with Crippen LogP contribution in [-0.4, -0.2) is 12.4 Å². The van der Waals surface area contributed by atoms with Crippen LogP contribution in [0.2, 0.25) is 5.02 Å². The van der Waals surface area contributed by atoms with Crippen LogP contribution in [0.15, 0.2) is 30.3 Å². The number of rotatable bonds is 3. The molecule has 1 heterocycles. The van der Waals surface area contributed by atoms with Gasteiger partial charge >= 0.3 is 0 Å². The van der Waals surface area contributed by atoms with Crippen molar-refractivity contribution in [1.82, 2.24) is 0 Å². The highest BCUT2D eigenvalue weighted by atomic mass is 35.5. The van der Waals surface area contributed by atoms with Gasteiger partial charge in [0.25, 0.3) is 0 Å². The first-order valence-electron chi connectivity index (χ1n) is 6.57. The summed E-state index contributed by atoms with van der Waals surface area (Å²) in [6, 6.07) is 7.63. The average Bonchev–Trinajstić information content (AvgIpc) is 2.90. The van der Waals surface area contributed by atoms with Crippen LogP contribution >= 0.6 is 11.6 Å². The summed E-state index contributed by atoms with van der Waals surface area (Å²) in [6.07, 6.45) is 0.903. The van der Waals surface area contributed by atoms with Gasteiger partial charge in [-0.15, -0.1) is 0 Å². The number of ether oxygens (including phenoxy) is 1. The number of Topliss-reactive ketones (excluding diaryl/α,β-unsaturated/α-hetero) is 1. The third-order valence-corrected chi connectivity index (χ3v) is 3.72. The van der Waals surface area contributed by atoms with Crippen molar-refractivity contribution >= 4 is 23.1 Å². The fourth-order valence-corrected chi connectivity index (χ4v) is 2.72.